The maximum Gasteiger partial charge on any atom is 0.314 e. The van der Waals surface area contributed by atoms with Crippen LogP contribution in [-0.2, 0) is 0 Å². The van der Waals surface area contributed by atoms with E-state index in [0.29, 0.717) is 0 Å². The fourth-order valence-corrected chi connectivity index (χ4v) is 2.40. The van der Waals surface area contributed by atoms with E-state index in [1.54, 1.807) is 7.05 Å². The Morgan fingerprint density at radius 1 is 0.783 bits per heavy atom. The number of urea groups is 1. The highest BCUT2D eigenvalue weighted by molar-refractivity contribution is 5.73. The SMILES string of the molecule is CCCCC/C=C\C/C=C\CCCCCCCCNC(=O)NC. The van der Waals surface area contributed by atoms with Gasteiger partial charge < -0.3 is 10.6 Å². The van der Waals surface area contributed by atoms with Gasteiger partial charge in [-0.2, -0.15) is 0 Å². The standard InChI is InChI=1S/C20H38N2O/c1-3-4-5-6-7-8-9-10-11-12-13-14-15-16-17-18-19-22-20(23)21-2/h7-8,10-11H,3-6,9,12-19H2,1-2H3,(H2,21,22,23)/b8-7-,11-10-. The van der Waals surface area contributed by atoms with E-state index in [0.717, 1.165) is 19.4 Å². The van der Waals surface area contributed by atoms with E-state index in [4.69, 9.17) is 0 Å². The molecule has 0 radical (unpaired) electrons. The summed E-state index contributed by atoms with van der Waals surface area (Å²) < 4.78 is 0. The predicted octanol–water partition coefficient (Wildman–Crippen LogP) is 5.73. The van der Waals surface area contributed by atoms with Gasteiger partial charge in [-0.3, -0.25) is 0 Å². The molecule has 0 aromatic rings. The Labute approximate surface area is 144 Å². The molecule has 3 nitrogen and oxygen atoms in total. The number of unbranched alkanes of at least 4 members (excludes halogenated alkanes) is 9. The van der Waals surface area contributed by atoms with Gasteiger partial charge in [0.05, 0.1) is 0 Å². The fourth-order valence-electron chi connectivity index (χ4n) is 2.40. The predicted molar refractivity (Wildman–Crippen MR) is 102 cm³/mol. The summed E-state index contributed by atoms with van der Waals surface area (Å²) >= 11 is 0. The number of carbonyl (C=O) groups excluding carboxylic acids is 1. The van der Waals surface area contributed by atoms with Gasteiger partial charge in [0.25, 0.3) is 0 Å². The van der Waals surface area contributed by atoms with Crippen LogP contribution in [0.15, 0.2) is 24.3 Å². The maximum absolute atomic E-state index is 10.9. The third-order valence-corrected chi connectivity index (χ3v) is 3.89. The van der Waals surface area contributed by atoms with Crippen molar-refractivity contribution in [3.05, 3.63) is 24.3 Å². The minimum atomic E-state index is -0.0763. The van der Waals surface area contributed by atoms with Crippen LogP contribution in [0, 0.1) is 0 Å². The zero-order valence-electron chi connectivity index (χ0n) is 15.4. The monoisotopic (exact) mass is 322 g/mol. The highest BCUT2D eigenvalue weighted by Crippen LogP contribution is 2.07. The molecule has 0 aliphatic rings. The van der Waals surface area contributed by atoms with Gasteiger partial charge in [-0.1, -0.05) is 69.8 Å². The summed E-state index contributed by atoms with van der Waals surface area (Å²) in [6.07, 6.45) is 24.2. The topological polar surface area (TPSA) is 41.1 Å². The molecule has 2 amide bonds. The minimum absolute atomic E-state index is 0.0763. The second-order valence-electron chi connectivity index (χ2n) is 6.09. The zero-order chi connectivity index (χ0) is 17.0. The lowest BCUT2D eigenvalue weighted by atomic mass is 10.1. The smallest absolute Gasteiger partial charge is 0.314 e. The molecule has 0 aromatic heterocycles. The Morgan fingerprint density at radius 3 is 1.96 bits per heavy atom. The normalized spacial score (nSPS) is 11.4. The quantitative estimate of drug-likeness (QED) is 0.293. The van der Waals surface area contributed by atoms with Crippen molar-refractivity contribution in [2.75, 3.05) is 13.6 Å². The first-order valence-corrected chi connectivity index (χ1v) is 9.56. The van der Waals surface area contributed by atoms with Gasteiger partial charge in [0.2, 0.25) is 0 Å². The molecule has 0 bridgehead atoms. The van der Waals surface area contributed by atoms with E-state index in [9.17, 15) is 4.79 Å². The molecule has 23 heavy (non-hydrogen) atoms. The summed E-state index contributed by atoms with van der Waals surface area (Å²) in [4.78, 5) is 10.9. The second-order valence-corrected chi connectivity index (χ2v) is 6.09. The van der Waals surface area contributed by atoms with Crippen molar-refractivity contribution in [3.63, 3.8) is 0 Å². The Morgan fingerprint density at radius 2 is 1.35 bits per heavy atom. The average molecular weight is 323 g/mol. The van der Waals surface area contributed by atoms with Gasteiger partial charge in [-0.25, -0.2) is 4.79 Å². The molecule has 0 fully saturated rings. The van der Waals surface area contributed by atoms with Crippen molar-refractivity contribution >= 4 is 6.03 Å². The fraction of sp³-hybridized carbons (Fsp3) is 0.750. The largest absolute Gasteiger partial charge is 0.341 e. The van der Waals surface area contributed by atoms with Crippen molar-refractivity contribution in [3.8, 4) is 0 Å². The van der Waals surface area contributed by atoms with Crippen molar-refractivity contribution < 1.29 is 4.79 Å². The summed E-state index contributed by atoms with van der Waals surface area (Å²) in [5, 5.41) is 5.38. The van der Waals surface area contributed by atoms with Crippen molar-refractivity contribution in [2.45, 2.75) is 84.0 Å². The Bertz CT molecular complexity index is 311. The molecule has 0 aliphatic heterocycles. The van der Waals surface area contributed by atoms with Crippen LogP contribution in [-0.4, -0.2) is 19.6 Å². The molecule has 2 N–H and O–H groups in total. The molecule has 0 spiro atoms. The highest BCUT2D eigenvalue weighted by Gasteiger charge is 1.94. The average Bonchev–Trinajstić information content (AvgIpc) is 2.57. The van der Waals surface area contributed by atoms with Gasteiger partial charge >= 0.3 is 6.03 Å². The van der Waals surface area contributed by atoms with E-state index in [-0.39, 0.29) is 6.03 Å². The van der Waals surface area contributed by atoms with Crippen LogP contribution < -0.4 is 10.6 Å². The molecule has 0 atom stereocenters. The number of hydrogen-bond donors (Lipinski definition) is 2. The van der Waals surface area contributed by atoms with Crippen LogP contribution in [0.1, 0.15) is 84.0 Å². The van der Waals surface area contributed by atoms with E-state index in [2.05, 4.69) is 41.9 Å². The molecule has 0 unspecified atom stereocenters. The number of carbonyl (C=O) groups is 1. The van der Waals surface area contributed by atoms with Crippen LogP contribution in [0.4, 0.5) is 4.79 Å². The van der Waals surface area contributed by atoms with Gasteiger partial charge in [0, 0.05) is 13.6 Å². The van der Waals surface area contributed by atoms with Crippen molar-refractivity contribution in [1.29, 1.82) is 0 Å². The minimum Gasteiger partial charge on any atom is -0.341 e. The van der Waals surface area contributed by atoms with Crippen molar-refractivity contribution in [1.82, 2.24) is 10.6 Å². The molecular formula is C20H38N2O. The van der Waals surface area contributed by atoms with Gasteiger partial charge in [0.1, 0.15) is 0 Å². The third kappa shape index (κ3) is 18.7. The second kappa shape index (κ2) is 18.8. The first-order chi connectivity index (χ1) is 11.3. The summed E-state index contributed by atoms with van der Waals surface area (Å²) in [5.41, 5.74) is 0. The van der Waals surface area contributed by atoms with Gasteiger partial charge in [0.15, 0.2) is 0 Å². The van der Waals surface area contributed by atoms with Crippen LogP contribution >= 0.6 is 0 Å². The maximum atomic E-state index is 10.9. The molecular weight excluding hydrogens is 284 g/mol. The number of amides is 2. The molecule has 3 heteroatoms. The Balaban J connectivity index is 3.17. The molecule has 0 aliphatic carbocycles. The number of rotatable bonds is 15. The molecule has 0 saturated carbocycles. The van der Waals surface area contributed by atoms with E-state index < -0.39 is 0 Å². The van der Waals surface area contributed by atoms with Gasteiger partial charge in [-0.15, -0.1) is 0 Å². The molecule has 0 rings (SSSR count). The Hall–Kier alpha value is -1.25. The van der Waals surface area contributed by atoms with Crippen LogP contribution in [0.5, 0.6) is 0 Å². The van der Waals surface area contributed by atoms with E-state index in [1.165, 1.54) is 64.2 Å². The summed E-state index contributed by atoms with van der Waals surface area (Å²) in [7, 11) is 1.65. The lowest BCUT2D eigenvalue weighted by molar-refractivity contribution is 0.242. The summed E-state index contributed by atoms with van der Waals surface area (Å²) in [6.45, 7) is 3.03. The van der Waals surface area contributed by atoms with Gasteiger partial charge in [-0.05, 0) is 38.5 Å². The first-order valence-electron chi connectivity index (χ1n) is 9.56. The van der Waals surface area contributed by atoms with Crippen LogP contribution in [0.25, 0.3) is 0 Å². The number of nitrogens with one attached hydrogen (secondary N) is 2. The molecule has 0 heterocycles. The molecule has 134 valence electrons. The summed E-state index contributed by atoms with van der Waals surface area (Å²) in [6, 6.07) is -0.0763. The van der Waals surface area contributed by atoms with Crippen LogP contribution in [0.2, 0.25) is 0 Å². The Kier molecular flexibility index (Phi) is 17.8. The molecule has 0 aromatic carbocycles. The first kappa shape index (κ1) is 21.8. The lowest BCUT2D eigenvalue weighted by Crippen LogP contribution is -2.33. The van der Waals surface area contributed by atoms with Crippen molar-refractivity contribution in [2.24, 2.45) is 0 Å². The highest BCUT2D eigenvalue weighted by atomic mass is 16.2. The molecule has 0 saturated heterocycles. The number of hydrogen-bond acceptors (Lipinski definition) is 1. The third-order valence-electron chi connectivity index (χ3n) is 3.89. The summed E-state index contributed by atoms with van der Waals surface area (Å²) in [5.74, 6) is 0. The lowest BCUT2D eigenvalue weighted by Gasteiger charge is -2.03. The van der Waals surface area contributed by atoms with E-state index >= 15 is 0 Å². The van der Waals surface area contributed by atoms with E-state index in [1.807, 2.05) is 0 Å². The number of allylic oxidation sites excluding steroid dienone is 4. The van der Waals surface area contributed by atoms with Crippen LogP contribution in [0.3, 0.4) is 0 Å². The zero-order valence-corrected chi connectivity index (χ0v) is 15.4.